The van der Waals surface area contributed by atoms with Crippen LogP contribution < -0.4 is 10.1 Å². The lowest BCUT2D eigenvalue weighted by Crippen LogP contribution is -2.37. The van der Waals surface area contributed by atoms with Crippen LogP contribution in [0.15, 0.2) is 78.9 Å². The van der Waals surface area contributed by atoms with E-state index in [2.05, 4.69) is 17.4 Å². The summed E-state index contributed by atoms with van der Waals surface area (Å²) in [5.74, 6) is 0.583. The van der Waals surface area contributed by atoms with E-state index < -0.39 is 6.10 Å². The van der Waals surface area contributed by atoms with Crippen LogP contribution in [0.3, 0.4) is 0 Å². The Morgan fingerprint density at radius 1 is 0.967 bits per heavy atom. The number of anilines is 1. The molecule has 1 atom stereocenters. The summed E-state index contributed by atoms with van der Waals surface area (Å²) in [6.07, 6.45) is -0.698. The first-order chi connectivity index (χ1) is 14.5. The number of aryl methyl sites for hydroxylation is 1. The van der Waals surface area contributed by atoms with Gasteiger partial charge in [-0.05, 0) is 49.4 Å². The Bertz CT molecular complexity index is 925. The van der Waals surface area contributed by atoms with Crippen molar-refractivity contribution >= 4 is 11.6 Å². The second-order valence-corrected chi connectivity index (χ2v) is 7.47. The molecule has 0 radical (unpaired) electrons. The van der Waals surface area contributed by atoms with E-state index in [1.807, 2.05) is 73.7 Å². The maximum Gasteiger partial charge on any atom is 0.238 e. The fraction of sp³-hybridized carbons (Fsp3) is 0.240. The minimum atomic E-state index is -0.698. The number of aliphatic hydroxyl groups excluding tert-OH is 1. The van der Waals surface area contributed by atoms with E-state index in [1.54, 1.807) is 11.9 Å². The predicted octanol–water partition coefficient (Wildman–Crippen LogP) is 3.97. The Labute approximate surface area is 177 Å². The average molecular weight is 405 g/mol. The van der Waals surface area contributed by atoms with Gasteiger partial charge >= 0.3 is 0 Å². The quantitative estimate of drug-likeness (QED) is 0.566. The highest BCUT2D eigenvalue weighted by molar-refractivity contribution is 5.92. The fourth-order valence-corrected chi connectivity index (χ4v) is 3.13. The van der Waals surface area contributed by atoms with E-state index in [9.17, 15) is 9.90 Å². The standard InChI is InChI=1S/C25H28N2O3/c1-19-8-12-22(13-9-19)26-25(29)17-27(2)16-23(28)18-30-24-14-10-21(11-15-24)20-6-4-3-5-7-20/h3-15,23,28H,16-18H2,1-2H3,(H,26,29). The maximum absolute atomic E-state index is 12.2. The lowest BCUT2D eigenvalue weighted by molar-refractivity contribution is -0.117. The summed E-state index contributed by atoms with van der Waals surface area (Å²) < 4.78 is 5.69. The third-order valence-corrected chi connectivity index (χ3v) is 4.68. The zero-order chi connectivity index (χ0) is 21.3. The molecule has 0 spiro atoms. The molecule has 0 heterocycles. The van der Waals surface area contributed by atoms with E-state index >= 15 is 0 Å². The van der Waals surface area contributed by atoms with E-state index in [1.165, 1.54) is 0 Å². The van der Waals surface area contributed by atoms with Crippen LogP contribution in [0.1, 0.15) is 5.56 Å². The SMILES string of the molecule is Cc1ccc(NC(=O)CN(C)CC(O)COc2ccc(-c3ccccc3)cc2)cc1. The van der Waals surface area contributed by atoms with Crippen LogP contribution >= 0.6 is 0 Å². The van der Waals surface area contributed by atoms with E-state index in [0.29, 0.717) is 12.3 Å². The number of benzene rings is 3. The number of hydrogen-bond donors (Lipinski definition) is 2. The molecule has 156 valence electrons. The highest BCUT2D eigenvalue weighted by Gasteiger charge is 2.13. The lowest BCUT2D eigenvalue weighted by Gasteiger charge is -2.20. The third-order valence-electron chi connectivity index (χ3n) is 4.68. The van der Waals surface area contributed by atoms with Crippen LogP contribution in [0.4, 0.5) is 5.69 Å². The summed E-state index contributed by atoms with van der Waals surface area (Å²) in [5, 5.41) is 13.1. The van der Waals surface area contributed by atoms with Crippen molar-refractivity contribution in [3.63, 3.8) is 0 Å². The van der Waals surface area contributed by atoms with Crippen molar-refractivity contribution < 1.29 is 14.6 Å². The van der Waals surface area contributed by atoms with Crippen molar-refractivity contribution in [2.24, 2.45) is 0 Å². The molecule has 3 aromatic rings. The number of nitrogens with zero attached hydrogens (tertiary/aromatic N) is 1. The Morgan fingerprint density at radius 2 is 1.60 bits per heavy atom. The van der Waals surface area contributed by atoms with Gasteiger partial charge in [-0.15, -0.1) is 0 Å². The van der Waals surface area contributed by atoms with Gasteiger partial charge in [-0.3, -0.25) is 9.69 Å². The number of likely N-dealkylation sites (N-methyl/N-ethyl adjacent to an activating group) is 1. The van der Waals surface area contributed by atoms with Crippen LogP contribution in [0.5, 0.6) is 5.75 Å². The third kappa shape index (κ3) is 6.72. The number of nitrogens with one attached hydrogen (secondary N) is 1. The first-order valence-electron chi connectivity index (χ1n) is 10.0. The Hall–Kier alpha value is -3.15. The molecule has 0 saturated carbocycles. The fourth-order valence-electron chi connectivity index (χ4n) is 3.13. The first-order valence-corrected chi connectivity index (χ1v) is 10.0. The van der Waals surface area contributed by atoms with Crippen molar-refractivity contribution in [2.75, 3.05) is 32.1 Å². The molecule has 0 bridgehead atoms. The number of ether oxygens (including phenoxy) is 1. The molecule has 1 unspecified atom stereocenters. The van der Waals surface area contributed by atoms with Crippen molar-refractivity contribution in [2.45, 2.75) is 13.0 Å². The van der Waals surface area contributed by atoms with E-state index in [4.69, 9.17) is 4.74 Å². The molecule has 0 fully saturated rings. The van der Waals surface area contributed by atoms with E-state index in [0.717, 1.165) is 22.4 Å². The molecular formula is C25H28N2O3. The van der Waals surface area contributed by atoms with Gasteiger partial charge in [0.05, 0.1) is 6.54 Å². The molecule has 5 nitrogen and oxygen atoms in total. The summed E-state index contributed by atoms with van der Waals surface area (Å²) in [7, 11) is 1.80. The Kier molecular flexibility index (Phi) is 7.60. The summed E-state index contributed by atoms with van der Waals surface area (Å²) in [4.78, 5) is 13.9. The molecule has 2 N–H and O–H groups in total. The molecule has 30 heavy (non-hydrogen) atoms. The van der Waals surface area contributed by atoms with Crippen LogP contribution in [0.25, 0.3) is 11.1 Å². The number of carbonyl (C=O) groups excluding carboxylic acids is 1. The molecule has 0 aliphatic carbocycles. The number of amides is 1. The van der Waals surface area contributed by atoms with Gasteiger partial charge in [-0.1, -0.05) is 60.2 Å². The van der Waals surface area contributed by atoms with Gasteiger partial charge in [0.2, 0.25) is 5.91 Å². The molecule has 0 aliphatic heterocycles. The summed E-state index contributed by atoms with van der Waals surface area (Å²) in [6, 6.07) is 25.6. The normalized spacial score (nSPS) is 11.9. The summed E-state index contributed by atoms with van der Waals surface area (Å²) >= 11 is 0. The van der Waals surface area contributed by atoms with Gasteiger partial charge in [-0.25, -0.2) is 0 Å². The second-order valence-electron chi connectivity index (χ2n) is 7.47. The molecule has 3 aromatic carbocycles. The molecule has 0 aromatic heterocycles. The van der Waals surface area contributed by atoms with Crippen LogP contribution in [0.2, 0.25) is 0 Å². The molecular weight excluding hydrogens is 376 g/mol. The van der Waals surface area contributed by atoms with Crippen molar-refractivity contribution in [1.82, 2.24) is 4.90 Å². The highest BCUT2D eigenvalue weighted by atomic mass is 16.5. The molecule has 0 aliphatic rings. The lowest BCUT2D eigenvalue weighted by atomic mass is 10.1. The van der Waals surface area contributed by atoms with Gasteiger partial charge in [0.15, 0.2) is 0 Å². The molecule has 3 rings (SSSR count). The monoisotopic (exact) mass is 404 g/mol. The van der Waals surface area contributed by atoms with Gasteiger partial charge < -0.3 is 15.2 Å². The largest absolute Gasteiger partial charge is 0.491 e. The van der Waals surface area contributed by atoms with Crippen LogP contribution in [-0.4, -0.2) is 48.8 Å². The van der Waals surface area contributed by atoms with Crippen LogP contribution in [-0.2, 0) is 4.79 Å². The van der Waals surface area contributed by atoms with Crippen LogP contribution in [0, 0.1) is 6.92 Å². The van der Waals surface area contributed by atoms with Gasteiger partial charge in [-0.2, -0.15) is 0 Å². The highest BCUT2D eigenvalue weighted by Crippen LogP contribution is 2.22. The predicted molar refractivity (Wildman–Crippen MR) is 121 cm³/mol. The van der Waals surface area contributed by atoms with Crippen molar-refractivity contribution in [1.29, 1.82) is 0 Å². The number of aliphatic hydroxyl groups is 1. The topological polar surface area (TPSA) is 61.8 Å². The maximum atomic E-state index is 12.2. The first kappa shape index (κ1) is 21.6. The Morgan fingerprint density at radius 3 is 2.27 bits per heavy atom. The summed E-state index contributed by atoms with van der Waals surface area (Å²) in [6.45, 7) is 2.69. The number of carbonyl (C=O) groups is 1. The van der Waals surface area contributed by atoms with Gasteiger partial charge in [0.1, 0.15) is 18.5 Å². The van der Waals surface area contributed by atoms with Gasteiger partial charge in [0.25, 0.3) is 0 Å². The van der Waals surface area contributed by atoms with E-state index in [-0.39, 0.29) is 19.1 Å². The minimum absolute atomic E-state index is 0.119. The molecule has 5 heteroatoms. The second kappa shape index (κ2) is 10.6. The number of rotatable bonds is 9. The Balaban J connectivity index is 1.41. The molecule has 0 saturated heterocycles. The molecule has 1 amide bonds. The van der Waals surface area contributed by atoms with Gasteiger partial charge in [0, 0.05) is 12.2 Å². The number of hydrogen-bond acceptors (Lipinski definition) is 4. The minimum Gasteiger partial charge on any atom is -0.491 e. The summed E-state index contributed by atoms with van der Waals surface area (Å²) in [5.41, 5.74) is 4.17. The smallest absolute Gasteiger partial charge is 0.238 e. The zero-order valence-corrected chi connectivity index (χ0v) is 17.4. The van der Waals surface area contributed by atoms with Crippen molar-refractivity contribution in [3.8, 4) is 16.9 Å². The zero-order valence-electron chi connectivity index (χ0n) is 17.4. The van der Waals surface area contributed by atoms with Crippen molar-refractivity contribution in [3.05, 3.63) is 84.4 Å². The average Bonchev–Trinajstić information content (AvgIpc) is 2.75.